The van der Waals surface area contributed by atoms with Crippen molar-refractivity contribution in [3.05, 3.63) is 65.7 Å². The number of nitrogens with zero attached hydrogens (tertiary/aromatic N) is 1. The second-order valence-corrected chi connectivity index (χ2v) is 4.87. The molecular formula is C17H19N3O2. The van der Waals surface area contributed by atoms with Gasteiger partial charge in [-0.15, -0.1) is 0 Å². The number of nitrogens with two attached hydrogens (primary N) is 1. The highest BCUT2D eigenvalue weighted by atomic mass is 16.2. The van der Waals surface area contributed by atoms with Gasteiger partial charge in [0.05, 0.1) is 0 Å². The van der Waals surface area contributed by atoms with Gasteiger partial charge in [-0.3, -0.25) is 4.79 Å². The van der Waals surface area contributed by atoms with Crippen molar-refractivity contribution in [2.24, 2.45) is 5.73 Å². The van der Waals surface area contributed by atoms with Gasteiger partial charge < -0.3 is 16.0 Å². The molecule has 0 spiro atoms. The molecule has 5 nitrogen and oxygen atoms in total. The van der Waals surface area contributed by atoms with Crippen molar-refractivity contribution in [2.45, 2.75) is 13.5 Å². The smallest absolute Gasteiger partial charge is 0.316 e. The van der Waals surface area contributed by atoms with Gasteiger partial charge in [0.1, 0.15) is 0 Å². The lowest BCUT2D eigenvalue weighted by Gasteiger charge is -2.21. The maximum Gasteiger partial charge on any atom is 0.316 e. The first-order valence-electron chi connectivity index (χ1n) is 7.10. The van der Waals surface area contributed by atoms with Crippen LogP contribution in [0.3, 0.4) is 0 Å². The van der Waals surface area contributed by atoms with Crippen LogP contribution in [-0.4, -0.2) is 23.4 Å². The van der Waals surface area contributed by atoms with E-state index in [1.807, 2.05) is 37.3 Å². The van der Waals surface area contributed by atoms with E-state index in [-0.39, 0.29) is 5.91 Å². The van der Waals surface area contributed by atoms with E-state index in [1.54, 1.807) is 29.2 Å². The van der Waals surface area contributed by atoms with Gasteiger partial charge in [-0.2, -0.15) is 0 Å². The molecule has 0 unspecified atom stereocenters. The first-order chi connectivity index (χ1) is 10.6. The molecule has 2 aromatic carbocycles. The lowest BCUT2D eigenvalue weighted by atomic mass is 10.1. The number of carbonyl (C=O) groups is 2. The molecule has 0 heterocycles. The van der Waals surface area contributed by atoms with Crippen molar-refractivity contribution in [2.75, 3.05) is 11.9 Å². The van der Waals surface area contributed by atoms with Gasteiger partial charge in [0.15, 0.2) is 0 Å². The quantitative estimate of drug-likeness (QED) is 0.890. The van der Waals surface area contributed by atoms with Crippen LogP contribution in [0, 0.1) is 0 Å². The molecule has 0 aliphatic rings. The van der Waals surface area contributed by atoms with Crippen molar-refractivity contribution in [1.82, 2.24) is 4.90 Å². The molecule has 0 aliphatic carbocycles. The van der Waals surface area contributed by atoms with Crippen LogP contribution in [0.5, 0.6) is 0 Å². The molecule has 22 heavy (non-hydrogen) atoms. The molecule has 0 saturated heterocycles. The average Bonchev–Trinajstić information content (AvgIpc) is 2.52. The van der Waals surface area contributed by atoms with Gasteiger partial charge >= 0.3 is 6.03 Å². The van der Waals surface area contributed by atoms with Crippen molar-refractivity contribution >= 4 is 17.6 Å². The van der Waals surface area contributed by atoms with Crippen LogP contribution in [0.1, 0.15) is 22.8 Å². The largest absolute Gasteiger partial charge is 0.351 e. The molecule has 114 valence electrons. The minimum atomic E-state index is -0.652. The van der Waals surface area contributed by atoms with Gasteiger partial charge in [0, 0.05) is 24.3 Å². The summed E-state index contributed by atoms with van der Waals surface area (Å²) in [5, 5.41) is 2.47. The Morgan fingerprint density at radius 1 is 1.09 bits per heavy atom. The van der Waals surface area contributed by atoms with E-state index in [4.69, 9.17) is 5.73 Å². The Bertz CT molecular complexity index is 656. The fraction of sp³-hybridized carbons (Fsp3) is 0.176. The normalized spacial score (nSPS) is 10.0. The lowest BCUT2D eigenvalue weighted by Crippen LogP contribution is -2.30. The van der Waals surface area contributed by atoms with Crippen molar-refractivity contribution in [1.29, 1.82) is 0 Å². The Morgan fingerprint density at radius 2 is 1.82 bits per heavy atom. The number of anilines is 1. The Morgan fingerprint density at radius 3 is 2.45 bits per heavy atom. The van der Waals surface area contributed by atoms with Gasteiger partial charge in [0.2, 0.25) is 0 Å². The third kappa shape index (κ3) is 4.09. The van der Waals surface area contributed by atoms with E-state index >= 15 is 0 Å². The van der Waals surface area contributed by atoms with Crippen LogP contribution >= 0.6 is 0 Å². The van der Waals surface area contributed by atoms with E-state index in [0.29, 0.717) is 24.3 Å². The predicted molar refractivity (Wildman–Crippen MR) is 86.5 cm³/mol. The summed E-state index contributed by atoms with van der Waals surface area (Å²) in [6.45, 7) is 3.08. The number of rotatable bonds is 5. The standard InChI is InChI=1S/C17H19N3O2/c1-2-20(12-13-7-4-3-5-8-13)16(21)14-9-6-10-15(11-14)19-17(18)22/h3-11H,2,12H2,1H3,(H3,18,19,22). The second-order valence-electron chi connectivity index (χ2n) is 4.87. The molecular weight excluding hydrogens is 278 g/mol. The summed E-state index contributed by atoms with van der Waals surface area (Å²) in [7, 11) is 0. The number of primary amides is 1. The fourth-order valence-corrected chi connectivity index (χ4v) is 2.19. The van der Waals surface area contributed by atoms with E-state index in [1.165, 1.54) is 0 Å². The number of benzene rings is 2. The summed E-state index contributed by atoms with van der Waals surface area (Å²) in [4.78, 5) is 25.2. The maximum atomic E-state index is 12.6. The molecule has 0 aromatic heterocycles. The van der Waals surface area contributed by atoms with Crippen LogP contribution in [0.2, 0.25) is 0 Å². The van der Waals surface area contributed by atoms with Gasteiger partial charge in [-0.05, 0) is 30.7 Å². The van der Waals surface area contributed by atoms with Crippen LogP contribution < -0.4 is 11.1 Å². The molecule has 2 aromatic rings. The zero-order valence-electron chi connectivity index (χ0n) is 12.5. The highest BCUT2D eigenvalue weighted by Crippen LogP contribution is 2.14. The number of carbonyl (C=O) groups excluding carboxylic acids is 2. The lowest BCUT2D eigenvalue weighted by molar-refractivity contribution is 0.0752. The van der Waals surface area contributed by atoms with Crippen molar-refractivity contribution in [3.63, 3.8) is 0 Å². The van der Waals surface area contributed by atoms with E-state index in [2.05, 4.69) is 5.32 Å². The third-order valence-electron chi connectivity index (χ3n) is 3.26. The van der Waals surface area contributed by atoms with Crippen LogP contribution in [0.15, 0.2) is 54.6 Å². The maximum absolute atomic E-state index is 12.6. The molecule has 0 radical (unpaired) electrons. The Hall–Kier alpha value is -2.82. The molecule has 3 amide bonds. The summed E-state index contributed by atoms with van der Waals surface area (Å²) >= 11 is 0. The summed E-state index contributed by atoms with van der Waals surface area (Å²) in [6, 6.07) is 15.9. The summed E-state index contributed by atoms with van der Waals surface area (Å²) < 4.78 is 0. The molecule has 0 saturated carbocycles. The summed E-state index contributed by atoms with van der Waals surface area (Å²) in [6.07, 6.45) is 0. The molecule has 0 aliphatic heterocycles. The Kier molecular flexibility index (Phi) is 5.14. The fourth-order valence-electron chi connectivity index (χ4n) is 2.19. The van der Waals surface area contributed by atoms with Crippen LogP contribution in [0.25, 0.3) is 0 Å². The van der Waals surface area contributed by atoms with Crippen LogP contribution in [0.4, 0.5) is 10.5 Å². The highest BCUT2D eigenvalue weighted by Gasteiger charge is 2.15. The first-order valence-corrected chi connectivity index (χ1v) is 7.10. The van der Waals surface area contributed by atoms with E-state index < -0.39 is 6.03 Å². The minimum Gasteiger partial charge on any atom is -0.351 e. The van der Waals surface area contributed by atoms with E-state index in [0.717, 1.165) is 5.56 Å². The second kappa shape index (κ2) is 7.26. The number of hydrogen-bond acceptors (Lipinski definition) is 2. The van der Waals surface area contributed by atoms with E-state index in [9.17, 15) is 9.59 Å². The average molecular weight is 297 g/mol. The number of amides is 3. The number of urea groups is 1. The predicted octanol–water partition coefficient (Wildman–Crippen LogP) is 2.84. The Labute approximate surface area is 129 Å². The van der Waals surface area contributed by atoms with Gasteiger partial charge in [-0.25, -0.2) is 4.79 Å². The SMILES string of the molecule is CCN(Cc1ccccc1)C(=O)c1cccc(NC(N)=O)c1. The molecule has 0 atom stereocenters. The molecule has 0 fully saturated rings. The number of hydrogen-bond donors (Lipinski definition) is 2. The molecule has 2 rings (SSSR count). The molecule has 5 heteroatoms. The summed E-state index contributed by atoms with van der Waals surface area (Å²) in [5.41, 5.74) is 7.19. The molecule has 3 N–H and O–H groups in total. The highest BCUT2D eigenvalue weighted by molar-refractivity contribution is 5.96. The first kappa shape index (κ1) is 15.6. The Balaban J connectivity index is 2.16. The number of nitrogens with one attached hydrogen (secondary N) is 1. The summed E-state index contributed by atoms with van der Waals surface area (Å²) in [5.74, 6) is -0.0838. The zero-order valence-corrected chi connectivity index (χ0v) is 12.5. The third-order valence-corrected chi connectivity index (χ3v) is 3.26. The van der Waals surface area contributed by atoms with Crippen molar-refractivity contribution < 1.29 is 9.59 Å². The zero-order chi connectivity index (χ0) is 15.9. The minimum absolute atomic E-state index is 0.0838. The van der Waals surface area contributed by atoms with Crippen molar-refractivity contribution in [3.8, 4) is 0 Å². The van der Waals surface area contributed by atoms with Gasteiger partial charge in [-0.1, -0.05) is 36.4 Å². The topological polar surface area (TPSA) is 75.4 Å². The monoisotopic (exact) mass is 297 g/mol. The van der Waals surface area contributed by atoms with Crippen LogP contribution in [-0.2, 0) is 6.54 Å². The van der Waals surface area contributed by atoms with Gasteiger partial charge in [0.25, 0.3) is 5.91 Å². The molecule has 0 bridgehead atoms.